The van der Waals surface area contributed by atoms with Gasteiger partial charge in [0.25, 0.3) is 11.8 Å². The maximum Gasteiger partial charge on any atom is 0.407 e. The summed E-state index contributed by atoms with van der Waals surface area (Å²) in [5.41, 5.74) is 8.65. The molecule has 0 fully saturated rings. The SMILES string of the molecule is CC(C)(C)OC(=O)NCc1ccc(CN2C(=O)c3cccc4c(N)ccc(c34)C2=O)cc1. The van der Waals surface area contributed by atoms with Crippen LogP contribution in [0, 0.1) is 0 Å². The highest BCUT2D eigenvalue weighted by Gasteiger charge is 2.33. The molecule has 3 aromatic rings. The number of nitrogens with one attached hydrogen (secondary N) is 1. The summed E-state index contributed by atoms with van der Waals surface area (Å²) in [6, 6.07) is 16.1. The molecule has 3 N–H and O–H groups in total. The van der Waals surface area contributed by atoms with Gasteiger partial charge in [-0.05, 0) is 50.1 Å². The normalized spacial score (nSPS) is 13.4. The molecule has 0 unspecified atom stereocenters. The summed E-state index contributed by atoms with van der Waals surface area (Å²) < 4.78 is 5.23. The van der Waals surface area contributed by atoms with Crippen LogP contribution in [0.25, 0.3) is 10.8 Å². The minimum Gasteiger partial charge on any atom is -0.444 e. The first kappa shape index (κ1) is 21.4. The van der Waals surface area contributed by atoms with Gasteiger partial charge in [0.15, 0.2) is 0 Å². The van der Waals surface area contributed by atoms with Crippen LogP contribution in [0.2, 0.25) is 0 Å². The summed E-state index contributed by atoms with van der Waals surface area (Å²) in [7, 11) is 0. The molecule has 0 aliphatic carbocycles. The van der Waals surface area contributed by atoms with Gasteiger partial charge in [-0.3, -0.25) is 14.5 Å². The Kier molecular flexibility index (Phi) is 5.34. The Morgan fingerprint density at radius 3 is 2.22 bits per heavy atom. The number of benzene rings is 3. The third-order valence-corrected chi connectivity index (χ3v) is 5.22. The van der Waals surface area contributed by atoms with E-state index in [1.807, 2.05) is 30.3 Å². The third-order valence-electron chi connectivity index (χ3n) is 5.22. The Labute approximate surface area is 186 Å². The number of imide groups is 1. The summed E-state index contributed by atoms with van der Waals surface area (Å²) in [6.45, 7) is 5.88. The van der Waals surface area contributed by atoms with Crippen LogP contribution >= 0.6 is 0 Å². The van der Waals surface area contributed by atoms with Gasteiger partial charge in [0.1, 0.15) is 5.60 Å². The van der Waals surface area contributed by atoms with Crippen LogP contribution in [0.3, 0.4) is 0 Å². The lowest BCUT2D eigenvalue weighted by atomic mass is 9.93. The quantitative estimate of drug-likeness (QED) is 0.475. The van der Waals surface area contributed by atoms with Gasteiger partial charge in [-0.2, -0.15) is 0 Å². The van der Waals surface area contributed by atoms with Gasteiger partial charge < -0.3 is 15.8 Å². The molecule has 1 aliphatic heterocycles. The van der Waals surface area contributed by atoms with Crippen LogP contribution < -0.4 is 11.1 Å². The molecular formula is C25H25N3O4. The summed E-state index contributed by atoms with van der Waals surface area (Å²) in [5.74, 6) is -0.677. The minimum atomic E-state index is -0.559. The summed E-state index contributed by atoms with van der Waals surface area (Å²) in [6.07, 6.45) is -0.487. The number of carbonyl (C=O) groups excluding carboxylic acids is 3. The van der Waals surface area contributed by atoms with Crippen molar-refractivity contribution in [3.8, 4) is 0 Å². The first-order valence-electron chi connectivity index (χ1n) is 10.4. The van der Waals surface area contributed by atoms with Crippen LogP contribution in [-0.4, -0.2) is 28.4 Å². The highest BCUT2D eigenvalue weighted by Crippen LogP contribution is 2.33. The number of rotatable bonds is 4. The Morgan fingerprint density at radius 2 is 1.56 bits per heavy atom. The molecule has 0 aromatic heterocycles. The number of nitrogens with zero attached hydrogens (tertiary/aromatic N) is 1. The molecule has 3 aromatic carbocycles. The van der Waals surface area contributed by atoms with Gasteiger partial charge >= 0.3 is 6.09 Å². The van der Waals surface area contributed by atoms with E-state index in [0.29, 0.717) is 34.1 Å². The summed E-state index contributed by atoms with van der Waals surface area (Å²) >= 11 is 0. The Hall–Kier alpha value is -3.87. The maximum atomic E-state index is 13.1. The molecule has 0 saturated heterocycles. The molecule has 7 heteroatoms. The van der Waals surface area contributed by atoms with Crippen LogP contribution in [0.5, 0.6) is 0 Å². The Balaban J connectivity index is 1.49. The summed E-state index contributed by atoms with van der Waals surface area (Å²) in [5, 5.41) is 4.03. The number of nitrogens with two attached hydrogens (primary N) is 1. The zero-order chi connectivity index (χ0) is 23.0. The van der Waals surface area contributed by atoms with E-state index in [-0.39, 0.29) is 18.4 Å². The molecule has 0 atom stereocenters. The number of hydrogen-bond acceptors (Lipinski definition) is 5. The van der Waals surface area contributed by atoms with Gasteiger partial charge in [-0.25, -0.2) is 4.79 Å². The third kappa shape index (κ3) is 4.14. The van der Waals surface area contributed by atoms with Crippen molar-refractivity contribution in [3.63, 3.8) is 0 Å². The van der Waals surface area contributed by atoms with E-state index in [0.717, 1.165) is 11.1 Å². The Morgan fingerprint density at radius 1 is 0.938 bits per heavy atom. The van der Waals surface area contributed by atoms with E-state index in [1.54, 1.807) is 45.0 Å². The molecule has 0 saturated carbocycles. The predicted molar refractivity (Wildman–Crippen MR) is 122 cm³/mol. The lowest BCUT2D eigenvalue weighted by molar-refractivity contribution is 0.0521. The average Bonchev–Trinajstić information content (AvgIpc) is 2.74. The molecule has 164 valence electrons. The monoisotopic (exact) mass is 431 g/mol. The second-order valence-corrected chi connectivity index (χ2v) is 8.80. The molecule has 0 bridgehead atoms. The lowest BCUT2D eigenvalue weighted by Gasteiger charge is -2.27. The molecule has 3 amide bonds. The fourth-order valence-corrected chi connectivity index (χ4v) is 3.75. The van der Waals surface area contributed by atoms with E-state index in [1.165, 1.54) is 4.90 Å². The van der Waals surface area contributed by atoms with Crippen molar-refractivity contribution in [1.29, 1.82) is 0 Å². The van der Waals surface area contributed by atoms with Crippen molar-refractivity contribution < 1.29 is 19.1 Å². The standard InChI is InChI=1S/C25H25N3O4/c1-25(2,3)32-24(31)27-13-15-7-9-16(10-8-15)14-28-22(29)18-6-4-5-17-20(26)12-11-19(21(17)18)23(28)30/h4-12H,13-14,26H2,1-3H3,(H,27,31). The fraction of sp³-hybridized carbons (Fsp3) is 0.240. The van der Waals surface area contributed by atoms with Crippen LogP contribution in [0.15, 0.2) is 54.6 Å². The largest absolute Gasteiger partial charge is 0.444 e. The van der Waals surface area contributed by atoms with Crippen molar-refractivity contribution in [1.82, 2.24) is 10.2 Å². The first-order valence-corrected chi connectivity index (χ1v) is 10.4. The molecule has 1 heterocycles. The maximum absolute atomic E-state index is 13.1. The van der Waals surface area contributed by atoms with E-state index in [9.17, 15) is 14.4 Å². The molecular weight excluding hydrogens is 406 g/mol. The molecule has 1 aliphatic rings. The van der Waals surface area contributed by atoms with E-state index >= 15 is 0 Å². The number of nitrogen functional groups attached to an aromatic ring is 1. The molecule has 7 nitrogen and oxygen atoms in total. The van der Waals surface area contributed by atoms with Gasteiger partial charge in [-0.15, -0.1) is 0 Å². The predicted octanol–water partition coefficient (Wildman–Crippen LogP) is 4.24. The van der Waals surface area contributed by atoms with Crippen molar-refractivity contribution in [2.75, 3.05) is 5.73 Å². The van der Waals surface area contributed by atoms with Crippen LogP contribution in [-0.2, 0) is 17.8 Å². The zero-order valence-electron chi connectivity index (χ0n) is 18.3. The average molecular weight is 431 g/mol. The van der Waals surface area contributed by atoms with Gasteiger partial charge in [0.05, 0.1) is 6.54 Å². The topological polar surface area (TPSA) is 102 Å². The second kappa shape index (κ2) is 8.00. The number of hydrogen-bond donors (Lipinski definition) is 2. The number of ether oxygens (including phenoxy) is 1. The highest BCUT2D eigenvalue weighted by atomic mass is 16.6. The zero-order valence-corrected chi connectivity index (χ0v) is 18.3. The number of carbonyl (C=O) groups is 3. The highest BCUT2D eigenvalue weighted by molar-refractivity contribution is 6.26. The van der Waals surface area contributed by atoms with Crippen LogP contribution in [0.1, 0.15) is 52.6 Å². The van der Waals surface area contributed by atoms with Crippen molar-refractivity contribution in [3.05, 3.63) is 76.9 Å². The van der Waals surface area contributed by atoms with Crippen molar-refractivity contribution >= 4 is 34.4 Å². The number of anilines is 1. The van der Waals surface area contributed by atoms with Gasteiger partial charge in [-0.1, -0.05) is 36.4 Å². The molecule has 32 heavy (non-hydrogen) atoms. The fourth-order valence-electron chi connectivity index (χ4n) is 3.75. The van der Waals surface area contributed by atoms with Crippen molar-refractivity contribution in [2.24, 2.45) is 0 Å². The number of alkyl carbamates (subject to hydrolysis) is 1. The van der Waals surface area contributed by atoms with E-state index < -0.39 is 11.7 Å². The second-order valence-electron chi connectivity index (χ2n) is 8.80. The molecule has 0 spiro atoms. The van der Waals surface area contributed by atoms with E-state index in [2.05, 4.69) is 5.32 Å². The van der Waals surface area contributed by atoms with Crippen molar-refractivity contribution in [2.45, 2.75) is 39.5 Å². The minimum absolute atomic E-state index is 0.150. The molecule has 4 rings (SSSR count). The lowest BCUT2D eigenvalue weighted by Crippen LogP contribution is -2.39. The smallest absolute Gasteiger partial charge is 0.407 e. The number of amides is 3. The first-order chi connectivity index (χ1) is 15.1. The van der Waals surface area contributed by atoms with Gasteiger partial charge in [0, 0.05) is 34.1 Å². The van der Waals surface area contributed by atoms with Gasteiger partial charge in [0.2, 0.25) is 0 Å². The summed E-state index contributed by atoms with van der Waals surface area (Å²) in [4.78, 5) is 39.2. The van der Waals surface area contributed by atoms with E-state index in [4.69, 9.17) is 10.5 Å². The Bertz CT molecular complexity index is 1200. The molecule has 0 radical (unpaired) electrons. The van der Waals surface area contributed by atoms with Crippen LogP contribution in [0.4, 0.5) is 10.5 Å².